The number of nitriles is 1. The van der Waals surface area contributed by atoms with Gasteiger partial charge in [-0.3, -0.25) is 0 Å². The maximum absolute atomic E-state index is 13.5. The van der Waals surface area contributed by atoms with Crippen LogP contribution in [-0.4, -0.2) is 37.5 Å². The quantitative estimate of drug-likeness (QED) is 0.448. The second kappa shape index (κ2) is 10.4. The first-order chi connectivity index (χ1) is 16.0. The number of hydrogen-bond donors (Lipinski definition) is 1. The van der Waals surface area contributed by atoms with Crippen LogP contribution in [0.4, 0.5) is 4.39 Å². The molecule has 0 aromatic heterocycles. The summed E-state index contributed by atoms with van der Waals surface area (Å²) < 4.78 is 45.8. The molecule has 176 valence electrons. The Hall–Kier alpha value is -3.16. The highest BCUT2D eigenvalue weighted by atomic mass is 35.5. The molecule has 0 radical (unpaired) electrons. The monoisotopic (exact) mass is 522 g/mol. The van der Waals surface area contributed by atoms with Crippen LogP contribution in [0.3, 0.4) is 0 Å². The van der Waals surface area contributed by atoms with Crippen LogP contribution < -0.4 is 4.74 Å². The summed E-state index contributed by atoms with van der Waals surface area (Å²) in [7, 11) is -2.71. The van der Waals surface area contributed by atoms with Gasteiger partial charge in [0.05, 0.1) is 21.6 Å². The zero-order chi connectivity index (χ0) is 25.0. The van der Waals surface area contributed by atoms with Gasteiger partial charge in [-0.05, 0) is 53.6 Å². The van der Waals surface area contributed by atoms with Crippen LogP contribution in [0.25, 0.3) is 11.1 Å². The molecule has 0 aliphatic rings. The van der Waals surface area contributed by atoms with Gasteiger partial charge in [0.1, 0.15) is 11.6 Å². The Morgan fingerprint density at radius 1 is 1.15 bits per heavy atom. The van der Waals surface area contributed by atoms with Gasteiger partial charge in [0.15, 0.2) is 6.61 Å². The second-order valence-electron chi connectivity index (χ2n) is 7.15. The van der Waals surface area contributed by atoms with Gasteiger partial charge in [-0.15, -0.1) is 0 Å². The summed E-state index contributed by atoms with van der Waals surface area (Å²) in [6, 6.07) is 14.6. The van der Waals surface area contributed by atoms with Gasteiger partial charge < -0.3 is 9.84 Å². The molecule has 0 fully saturated rings. The largest absolute Gasteiger partial charge is 0.481 e. The Morgan fingerprint density at radius 3 is 2.53 bits per heavy atom. The normalized spacial score (nSPS) is 11.3. The minimum absolute atomic E-state index is 0.139. The van der Waals surface area contributed by atoms with Gasteiger partial charge in [0.25, 0.3) is 0 Å². The van der Waals surface area contributed by atoms with E-state index >= 15 is 0 Å². The number of halogens is 3. The summed E-state index contributed by atoms with van der Waals surface area (Å²) >= 11 is 12.1. The lowest BCUT2D eigenvalue weighted by atomic mass is 10.00. The molecule has 11 heteroatoms. The van der Waals surface area contributed by atoms with Crippen molar-refractivity contribution in [3.8, 4) is 22.9 Å². The summed E-state index contributed by atoms with van der Waals surface area (Å²) in [6.07, 6.45) is 0. The highest BCUT2D eigenvalue weighted by Gasteiger charge is 2.24. The molecular weight excluding hydrogens is 506 g/mol. The summed E-state index contributed by atoms with van der Waals surface area (Å²) in [5, 5.41) is 18.0. The van der Waals surface area contributed by atoms with E-state index in [1.54, 1.807) is 30.3 Å². The molecule has 0 spiro atoms. The van der Waals surface area contributed by atoms with Crippen LogP contribution >= 0.6 is 23.2 Å². The number of carbonyl (C=O) groups is 1. The Balaban J connectivity index is 2.03. The van der Waals surface area contributed by atoms with Crippen molar-refractivity contribution < 1.29 is 27.4 Å². The van der Waals surface area contributed by atoms with E-state index in [1.807, 2.05) is 6.07 Å². The Morgan fingerprint density at radius 2 is 1.88 bits per heavy atom. The number of sulfonamides is 1. The van der Waals surface area contributed by atoms with Gasteiger partial charge in [0, 0.05) is 24.2 Å². The lowest BCUT2D eigenvalue weighted by Crippen LogP contribution is -2.26. The van der Waals surface area contributed by atoms with Crippen LogP contribution in [-0.2, 0) is 21.4 Å². The number of rotatable bonds is 8. The van der Waals surface area contributed by atoms with E-state index in [4.69, 9.17) is 33.0 Å². The van der Waals surface area contributed by atoms with Gasteiger partial charge >= 0.3 is 5.97 Å². The van der Waals surface area contributed by atoms with Crippen LogP contribution in [0.5, 0.6) is 5.75 Å². The summed E-state index contributed by atoms with van der Waals surface area (Å²) in [6.45, 7) is -0.791. The molecule has 3 aromatic carbocycles. The third-order valence-electron chi connectivity index (χ3n) is 4.79. The number of aliphatic carboxylic acids is 1. The van der Waals surface area contributed by atoms with Crippen LogP contribution in [0.15, 0.2) is 59.5 Å². The molecule has 0 amide bonds. The van der Waals surface area contributed by atoms with E-state index < -0.39 is 28.4 Å². The topological polar surface area (TPSA) is 108 Å². The molecule has 3 aromatic rings. The van der Waals surface area contributed by atoms with E-state index in [0.717, 1.165) is 22.5 Å². The number of nitrogens with zero attached hydrogens (tertiary/aromatic N) is 2. The van der Waals surface area contributed by atoms with Crippen LogP contribution in [0.1, 0.15) is 11.1 Å². The second-order valence-corrected chi connectivity index (χ2v) is 10.0. The first-order valence-electron chi connectivity index (χ1n) is 9.62. The number of hydrogen-bond acceptors (Lipinski definition) is 5. The maximum Gasteiger partial charge on any atom is 0.341 e. The van der Waals surface area contributed by atoms with Crippen molar-refractivity contribution in [2.75, 3.05) is 13.7 Å². The maximum atomic E-state index is 13.5. The molecule has 0 aliphatic carbocycles. The number of carboxylic acids is 1. The molecule has 0 bridgehead atoms. The van der Waals surface area contributed by atoms with Crippen LogP contribution in [0, 0.1) is 17.1 Å². The van der Waals surface area contributed by atoms with Gasteiger partial charge in [-0.2, -0.15) is 9.57 Å². The average Bonchev–Trinajstić information content (AvgIpc) is 2.80. The molecule has 3 rings (SSSR count). The van der Waals surface area contributed by atoms with E-state index in [9.17, 15) is 22.9 Å². The van der Waals surface area contributed by atoms with Gasteiger partial charge in [-0.1, -0.05) is 35.3 Å². The lowest BCUT2D eigenvalue weighted by Gasteiger charge is -2.20. The third-order valence-corrected chi connectivity index (χ3v) is 7.24. The third kappa shape index (κ3) is 5.66. The predicted molar refractivity (Wildman–Crippen MR) is 125 cm³/mol. The van der Waals surface area contributed by atoms with E-state index in [-0.39, 0.29) is 27.2 Å². The summed E-state index contributed by atoms with van der Waals surface area (Å²) in [4.78, 5) is 10.8. The molecule has 0 atom stereocenters. The highest BCUT2D eigenvalue weighted by molar-refractivity contribution is 7.89. The first kappa shape index (κ1) is 25.5. The Labute approximate surface area is 205 Å². The molecule has 1 N–H and O–H groups in total. The van der Waals surface area contributed by atoms with Gasteiger partial charge in [0.2, 0.25) is 10.0 Å². The van der Waals surface area contributed by atoms with Gasteiger partial charge in [-0.25, -0.2) is 17.6 Å². The molecule has 0 saturated carbocycles. The molecular formula is C23H17Cl2FN2O5S. The van der Waals surface area contributed by atoms with Crippen molar-refractivity contribution in [3.05, 3.63) is 81.6 Å². The summed E-state index contributed by atoms with van der Waals surface area (Å²) in [5.41, 5.74) is 1.73. The molecule has 7 nitrogen and oxygen atoms in total. The van der Waals surface area contributed by atoms with E-state index in [1.165, 1.54) is 13.1 Å². The van der Waals surface area contributed by atoms with Crippen molar-refractivity contribution in [1.82, 2.24) is 4.31 Å². The Kier molecular flexibility index (Phi) is 7.79. The zero-order valence-electron chi connectivity index (χ0n) is 17.6. The molecule has 0 saturated heterocycles. The predicted octanol–water partition coefficient (Wildman–Crippen LogP) is 4.96. The van der Waals surface area contributed by atoms with Crippen molar-refractivity contribution in [2.45, 2.75) is 11.4 Å². The standard InChI is InChI=1S/C23H17Cl2FN2O5S/c1-28(34(31,32)17-5-6-21(26)20(25)9-17)12-16-8-18(15-4-2-3-14(7-15)11-27)22(10-19(16)24)33-13-23(29)30/h2-10H,12-13H2,1H3,(H,29,30). The van der Waals surface area contributed by atoms with E-state index in [2.05, 4.69) is 0 Å². The number of carboxylic acid groups (broad SMARTS) is 1. The molecule has 0 unspecified atom stereocenters. The fourth-order valence-corrected chi connectivity index (χ4v) is 4.74. The number of benzene rings is 3. The van der Waals surface area contributed by atoms with Crippen molar-refractivity contribution in [3.63, 3.8) is 0 Å². The Bertz CT molecular complexity index is 1410. The van der Waals surface area contributed by atoms with Crippen molar-refractivity contribution in [1.29, 1.82) is 5.26 Å². The lowest BCUT2D eigenvalue weighted by molar-refractivity contribution is -0.139. The molecule has 34 heavy (non-hydrogen) atoms. The fourth-order valence-electron chi connectivity index (χ4n) is 3.10. The summed E-state index contributed by atoms with van der Waals surface area (Å²) in [5.74, 6) is -1.78. The average molecular weight is 523 g/mol. The first-order valence-corrected chi connectivity index (χ1v) is 11.8. The molecule has 0 heterocycles. The molecule has 0 aliphatic heterocycles. The van der Waals surface area contributed by atoms with Crippen molar-refractivity contribution >= 4 is 39.2 Å². The smallest absolute Gasteiger partial charge is 0.341 e. The number of ether oxygens (including phenoxy) is 1. The minimum atomic E-state index is -4.04. The SMILES string of the molecule is CN(Cc1cc(-c2cccc(C#N)c2)c(OCC(=O)O)cc1Cl)S(=O)(=O)c1ccc(F)c(Cl)c1. The zero-order valence-corrected chi connectivity index (χ0v) is 20.0. The van der Waals surface area contributed by atoms with Crippen molar-refractivity contribution in [2.24, 2.45) is 0 Å². The highest BCUT2D eigenvalue weighted by Crippen LogP contribution is 2.36. The van der Waals surface area contributed by atoms with E-state index in [0.29, 0.717) is 22.3 Å². The fraction of sp³-hybridized carbons (Fsp3) is 0.130. The van der Waals surface area contributed by atoms with Crippen LogP contribution in [0.2, 0.25) is 10.0 Å². The minimum Gasteiger partial charge on any atom is -0.481 e.